The highest BCUT2D eigenvalue weighted by molar-refractivity contribution is 5.71. The summed E-state index contributed by atoms with van der Waals surface area (Å²) in [5, 5.41) is 9.76. The van der Waals surface area contributed by atoms with E-state index in [9.17, 15) is 9.90 Å². The van der Waals surface area contributed by atoms with Crippen molar-refractivity contribution in [1.29, 1.82) is 0 Å². The quantitative estimate of drug-likeness (QED) is 0.285. The van der Waals surface area contributed by atoms with Gasteiger partial charge in [-0.05, 0) is 98.1 Å². The van der Waals surface area contributed by atoms with E-state index in [2.05, 4.69) is 54.1 Å². The summed E-state index contributed by atoms with van der Waals surface area (Å²) in [6, 6.07) is 15.2. The van der Waals surface area contributed by atoms with Gasteiger partial charge >= 0.3 is 5.97 Å². The monoisotopic (exact) mass is 572 g/mol. The molecule has 3 heterocycles. The number of fused-ring (bicyclic) bond motifs is 1. The molecule has 1 unspecified atom stereocenters. The molecule has 222 valence electrons. The molecule has 2 aliphatic heterocycles. The molecule has 0 radical (unpaired) electrons. The van der Waals surface area contributed by atoms with Crippen LogP contribution in [0.25, 0.3) is 11.1 Å². The molecule has 0 bridgehead atoms. The third kappa shape index (κ3) is 5.63. The van der Waals surface area contributed by atoms with Crippen LogP contribution < -0.4 is 9.47 Å². The summed E-state index contributed by atoms with van der Waals surface area (Å²) in [4.78, 5) is 18.4. The fourth-order valence-corrected chi connectivity index (χ4v) is 7.11. The Hall–Kier alpha value is -3.45. The standard InChI is InChI=1S/C35H41FN2O4/c1-20-5-6-21(2)38(20)19-27-15-25(11-13-28(27)29-17-33(41-4)37-18-30(29)36)31-14-12-23-7-10-26(16-32(23)42-31)34(24-8-9-24)22(3)35(39)40/h7,10-11,13,15-18,20-22,24,31,34H,5-6,8-9,12,14,19H2,1-4H3,(H,39,40)/t20-,21-,22+,31+,34?/m1/s1. The Morgan fingerprint density at radius 3 is 2.52 bits per heavy atom. The van der Waals surface area contributed by atoms with Gasteiger partial charge in [0.1, 0.15) is 17.7 Å². The number of hydrogen-bond acceptors (Lipinski definition) is 5. The first kappa shape index (κ1) is 28.7. The molecule has 6 rings (SSSR count). The van der Waals surface area contributed by atoms with E-state index in [0.717, 1.165) is 78.6 Å². The zero-order valence-electron chi connectivity index (χ0n) is 25.0. The highest BCUT2D eigenvalue weighted by Crippen LogP contribution is 2.48. The summed E-state index contributed by atoms with van der Waals surface area (Å²) in [5.41, 5.74) is 5.69. The second-order valence-electron chi connectivity index (χ2n) is 12.6. The van der Waals surface area contributed by atoms with E-state index in [1.165, 1.54) is 6.20 Å². The first-order valence-electron chi connectivity index (χ1n) is 15.3. The van der Waals surface area contributed by atoms with E-state index in [0.29, 0.717) is 29.4 Å². The maximum absolute atomic E-state index is 15.1. The van der Waals surface area contributed by atoms with Crippen LogP contribution in [0.1, 0.15) is 87.2 Å². The van der Waals surface area contributed by atoms with E-state index in [-0.39, 0.29) is 17.8 Å². The molecule has 0 spiro atoms. The number of carboxylic acids is 1. The van der Waals surface area contributed by atoms with Crippen molar-refractivity contribution in [3.63, 3.8) is 0 Å². The van der Waals surface area contributed by atoms with Crippen molar-refractivity contribution in [2.75, 3.05) is 7.11 Å². The van der Waals surface area contributed by atoms with Gasteiger partial charge in [-0.25, -0.2) is 9.37 Å². The molecule has 3 aromatic rings. The van der Waals surface area contributed by atoms with Gasteiger partial charge in [0.15, 0.2) is 0 Å². The van der Waals surface area contributed by atoms with Gasteiger partial charge in [0, 0.05) is 30.3 Å². The van der Waals surface area contributed by atoms with Gasteiger partial charge < -0.3 is 14.6 Å². The zero-order chi connectivity index (χ0) is 29.5. The van der Waals surface area contributed by atoms with E-state index >= 15 is 4.39 Å². The Bertz CT molecular complexity index is 1460. The molecule has 1 aromatic heterocycles. The fourth-order valence-electron chi connectivity index (χ4n) is 7.11. The molecule has 1 saturated heterocycles. The third-order valence-corrected chi connectivity index (χ3v) is 9.80. The molecule has 3 aliphatic rings. The molecule has 1 N–H and O–H groups in total. The van der Waals surface area contributed by atoms with E-state index in [4.69, 9.17) is 9.47 Å². The molecular formula is C35H41FN2O4. The van der Waals surface area contributed by atoms with E-state index in [1.807, 2.05) is 13.0 Å². The van der Waals surface area contributed by atoms with Crippen LogP contribution >= 0.6 is 0 Å². The average Bonchev–Trinajstić information content (AvgIpc) is 3.78. The fraction of sp³-hybridized carbons (Fsp3) is 0.486. The molecule has 7 heteroatoms. The number of methoxy groups -OCH3 is 1. The van der Waals surface area contributed by atoms with Crippen LogP contribution in [0.2, 0.25) is 0 Å². The van der Waals surface area contributed by atoms with Gasteiger partial charge in [-0.15, -0.1) is 0 Å². The second kappa shape index (κ2) is 11.7. The van der Waals surface area contributed by atoms with Crippen LogP contribution in [0, 0.1) is 17.7 Å². The van der Waals surface area contributed by atoms with Crippen molar-refractivity contribution in [1.82, 2.24) is 9.88 Å². The summed E-state index contributed by atoms with van der Waals surface area (Å²) >= 11 is 0. The van der Waals surface area contributed by atoms with Crippen molar-refractivity contribution >= 4 is 5.97 Å². The number of ether oxygens (including phenoxy) is 2. The third-order valence-electron chi connectivity index (χ3n) is 9.80. The molecule has 5 atom stereocenters. The molecule has 6 nitrogen and oxygen atoms in total. The Morgan fingerprint density at radius 1 is 1.07 bits per heavy atom. The lowest BCUT2D eigenvalue weighted by Crippen LogP contribution is -2.32. The SMILES string of the molecule is COc1cc(-c2ccc([C@@H]3CCc4ccc(C(C5CC5)[C@H](C)C(=O)O)cc4O3)cc2CN2[C@H](C)CC[C@H]2C)c(F)cn1. The van der Waals surface area contributed by atoms with Crippen LogP contribution in [0.3, 0.4) is 0 Å². The number of rotatable bonds is 9. The molecule has 0 amide bonds. The van der Waals surface area contributed by atoms with Crippen molar-refractivity contribution < 1.29 is 23.8 Å². The number of nitrogens with zero attached hydrogens (tertiary/aromatic N) is 2. The van der Waals surface area contributed by atoms with Crippen molar-refractivity contribution in [2.45, 2.75) is 89.9 Å². The topological polar surface area (TPSA) is 71.9 Å². The minimum absolute atomic E-state index is 0.000599. The van der Waals surface area contributed by atoms with E-state index in [1.54, 1.807) is 13.2 Å². The van der Waals surface area contributed by atoms with Gasteiger partial charge in [-0.3, -0.25) is 9.69 Å². The van der Waals surface area contributed by atoms with Gasteiger partial charge in [0.25, 0.3) is 0 Å². The predicted molar refractivity (Wildman–Crippen MR) is 160 cm³/mol. The van der Waals surface area contributed by atoms with Crippen molar-refractivity contribution in [3.05, 3.63) is 76.7 Å². The summed E-state index contributed by atoms with van der Waals surface area (Å²) in [6.45, 7) is 7.07. The number of hydrogen-bond donors (Lipinski definition) is 1. The second-order valence-corrected chi connectivity index (χ2v) is 12.6. The Morgan fingerprint density at radius 2 is 1.83 bits per heavy atom. The number of carbonyl (C=O) groups is 1. The van der Waals surface area contributed by atoms with Crippen LogP contribution in [0.15, 0.2) is 48.7 Å². The lowest BCUT2D eigenvalue weighted by Gasteiger charge is -2.30. The summed E-state index contributed by atoms with van der Waals surface area (Å²) in [7, 11) is 1.54. The largest absolute Gasteiger partial charge is 0.485 e. The van der Waals surface area contributed by atoms with Crippen molar-refractivity contribution in [3.8, 4) is 22.8 Å². The number of likely N-dealkylation sites (tertiary alicyclic amines) is 1. The highest BCUT2D eigenvalue weighted by atomic mass is 19.1. The zero-order valence-corrected chi connectivity index (χ0v) is 25.0. The smallest absolute Gasteiger partial charge is 0.306 e. The number of aliphatic carboxylic acids is 1. The first-order valence-corrected chi connectivity index (χ1v) is 15.3. The summed E-state index contributed by atoms with van der Waals surface area (Å²) in [5.74, 6) is 0.0982. The van der Waals surface area contributed by atoms with E-state index < -0.39 is 11.9 Å². The molecular weight excluding hydrogens is 531 g/mol. The average molecular weight is 573 g/mol. The van der Waals surface area contributed by atoms with Crippen LogP contribution in [-0.2, 0) is 17.8 Å². The lowest BCUT2D eigenvalue weighted by atomic mass is 9.82. The highest BCUT2D eigenvalue weighted by Gasteiger charge is 2.39. The van der Waals surface area contributed by atoms with Crippen molar-refractivity contribution in [2.24, 2.45) is 11.8 Å². The van der Waals surface area contributed by atoms with Crippen LogP contribution in [-0.4, -0.2) is 40.2 Å². The molecule has 42 heavy (non-hydrogen) atoms. The van der Waals surface area contributed by atoms with Gasteiger partial charge in [-0.1, -0.05) is 37.3 Å². The number of halogens is 1. The summed E-state index contributed by atoms with van der Waals surface area (Å²) in [6.07, 6.45) is 7.29. The number of pyridine rings is 1. The maximum Gasteiger partial charge on any atom is 0.306 e. The first-order chi connectivity index (χ1) is 20.2. The molecule has 2 fully saturated rings. The minimum Gasteiger partial charge on any atom is -0.485 e. The minimum atomic E-state index is -0.749. The Kier molecular flexibility index (Phi) is 7.97. The van der Waals surface area contributed by atoms with Gasteiger partial charge in [-0.2, -0.15) is 0 Å². The lowest BCUT2D eigenvalue weighted by molar-refractivity contribution is -0.142. The molecule has 1 saturated carbocycles. The Labute approximate surface area is 247 Å². The number of aromatic nitrogens is 1. The van der Waals surface area contributed by atoms with Gasteiger partial charge in [0.2, 0.25) is 5.88 Å². The number of carboxylic acid groups (broad SMARTS) is 1. The summed E-state index contributed by atoms with van der Waals surface area (Å²) < 4.78 is 27.1. The van der Waals surface area contributed by atoms with Crippen LogP contribution in [0.5, 0.6) is 11.6 Å². The predicted octanol–water partition coefficient (Wildman–Crippen LogP) is 7.55. The normalized spacial score (nSPS) is 23.6. The molecule has 2 aromatic carbocycles. The van der Waals surface area contributed by atoms with Crippen LogP contribution in [0.4, 0.5) is 4.39 Å². The van der Waals surface area contributed by atoms with Gasteiger partial charge in [0.05, 0.1) is 19.2 Å². The number of aryl methyl sites for hydroxylation is 1. The number of benzene rings is 2. The molecule has 1 aliphatic carbocycles. The maximum atomic E-state index is 15.1. The Balaban J connectivity index is 1.33.